The summed E-state index contributed by atoms with van der Waals surface area (Å²) in [6.07, 6.45) is -0.605. The Bertz CT molecular complexity index is 580. The smallest absolute Gasteiger partial charge is 0.322 e. The first kappa shape index (κ1) is 17.3. The number of thioether (sulfide) groups is 1. The number of carbonyl (C=O) groups excluding carboxylic acids is 2. The zero-order chi connectivity index (χ0) is 21.4. The third-order valence-corrected chi connectivity index (χ3v) is 3.17. The Hall–Kier alpha value is -1.56. The van der Waals surface area contributed by atoms with Crippen molar-refractivity contribution in [3.05, 3.63) is 0 Å². The van der Waals surface area contributed by atoms with Crippen molar-refractivity contribution in [2.75, 3.05) is 24.6 Å². The average molecular weight is 392 g/mol. The van der Waals surface area contributed by atoms with Crippen molar-refractivity contribution in [3.8, 4) is 0 Å². The molecule has 0 bridgehead atoms. The van der Waals surface area contributed by atoms with E-state index < -0.39 is 60.4 Å². The van der Waals surface area contributed by atoms with E-state index in [0.717, 1.165) is 0 Å². The number of aliphatic hydroxyl groups is 1. The van der Waals surface area contributed by atoms with E-state index in [4.69, 9.17) is 26.5 Å². The second-order valence-electron chi connectivity index (χ2n) is 4.24. The van der Waals surface area contributed by atoms with Gasteiger partial charge in [0, 0.05) is 20.6 Å². The SMILES string of the molecule is Cl.[2H]C([2H])(O)C([2H])([2H])SC[C@H](NC(=O)CC[C@H](N)C(=O)O)C(=O)NCC(=O)O. The number of carbonyl (C=O) groups is 4. The molecule has 10 nitrogen and oxygen atoms in total. The summed E-state index contributed by atoms with van der Waals surface area (Å²) in [6.45, 7) is -4.01. The van der Waals surface area contributed by atoms with Crippen molar-refractivity contribution in [2.24, 2.45) is 5.73 Å². The molecule has 12 heteroatoms. The predicted octanol–water partition coefficient (Wildman–Crippen LogP) is -1.99. The number of hydrogen-bond donors (Lipinski definition) is 6. The molecule has 2 amide bonds. The normalized spacial score (nSPS) is 16.1. The minimum Gasteiger partial charge on any atom is -0.480 e. The van der Waals surface area contributed by atoms with E-state index in [1.807, 2.05) is 5.32 Å². The van der Waals surface area contributed by atoms with Crippen LogP contribution in [-0.2, 0) is 19.2 Å². The highest BCUT2D eigenvalue weighted by molar-refractivity contribution is 7.99. The van der Waals surface area contributed by atoms with E-state index in [9.17, 15) is 19.2 Å². The van der Waals surface area contributed by atoms with Gasteiger partial charge in [0.25, 0.3) is 0 Å². The molecule has 0 aromatic heterocycles. The quantitative estimate of drug-likeness (QED) is 0.219. The lowest BCUT2D eigenvalue weighted by Crippen LogP contribution is -2.49. The Balaban J connectivity index is 0. The molecule has 0 saturated heterocycles. The third-order valence-electron chi connectivity index (χ3n) is 2.43. The zero-order valence-corrected chi connectivity index (χ0v) is 14.0. The van der Waals surface area contributed by atoms with Gasteiger partial charge in [0.1, 0.15) is 18.6 Å². The first-order valence-corrected chi connectivity index (χ1v) is 7.29. The predicted molar refractivity (Wildman–Crippen MR) is 89.1 cm³/mol. The van der Waals surface area contributed by atoms with Gasteiger partial charge in [0.2, 0.25) is 11.8 Å². The minimum atomic E-state index is -3.24. The number of amides is 2. The number of aliphatic carboxylic acids is 2. The highest BCUT2D eigenvalue weighted by Gasteiger charge is 2.22. The number of nitrogens with one attached hydrogen (secondary N) is 2. The molecule has 0 aliphatic rings. The molecule has 0 spiro atoms. The molecule has 2 atom stereocenters. The number of carboxylic acid groups (broad SMARTS) is 2. The summed E-state index contributed by atoms with van der Waals surface area (Å²) in [6, 6.07) is -2.76. The molecule has 0 radical (unpaired) electrons. The molecule has 0 heterocycles. The van der Waals surface area contributed by atoms with Gasteiger partial charge >= 0.3 is 11.9 Å². The Labute approximate surface area is 154 Å². The summed E-state index contributed by atoms with van der Waals surface area (Å²) in [5, 5.41) is 30.5. The van der Waals surface area contributed by atoms with Gasteiger partial charge in [-0.25, -0.2) is 0 Å². The highest BCUT2D eigenvalue weighted by atomic mass is 35.5. The van der Waals surface area contributed by atoms with Crippen molar-refractivity contribution in [3.63, 3.8) is 0 Å². The molecular formula is C12H22ClN3O7S. The van der Waals surface area contributed by atoms with E-state index >= 15 is 0 Å². The van der Waals surface area contributed by atoms with Gasteiger partial charge in [0.15, 0.2) is 0 Å². The summed E-state index contributed by atoms with van der Waals surface area (Å²) in [5.41, 5.74) is 2.43. The highest BCUT2D eigenvalue weighted by Crippen LogP contribution is 2.04. The summed E-state index contributed by atoms with van der Waals surface area (Å²) in [5.74, 6) is -5.00. The van der Waals surface area contributed by atoms with Crippen LogP contribution in [0.5, 0.6) is 0 Å². The van der Waals surface area contributed by atoms with Crippen LogP contribution in [-0.4, -0.2) is 75.7 Å². The molecule has 24 heavy (non-hydrogen) atoms. The first-order chi connectivity index (χ1) is 12.2. The summed E-state index contributed by atoms with van der Waals surface area (Å²) < 4.78 is 28.9. The van der Waals surface area contributed by atoms with E-state index in [0.29, 0.717) is 0 Å². The number of nitrogens with two attached hydrogens (primary N) is 1. The summed E-state index contributed by atoms with van der Waals surface area (Å²) >= 11 is 0.194. The molecule has 140 valence electrons. The number of halogens is 1. The van der Waals surface area contributed by atoms with E-state index in [1.54, 1.807) is 0 Å². The maximum atomic E-state index is 12.0. The molecular weight excluding hydrogens is 366 g/mol. The molecule has 7 N–H and O–H groups in total. The fourth-order valence-electron chi connectivity index (χ4n) is 1.30. The van der Waals surface area contributed by atoms with Crippen molar-refractivity contribution in [1.29, 1.82) is 0 Å². The van der Waals surface area contributed by atoms with Crippen molar-refractivity contribution >= 4 is 47.9 Å². The Kier molecular flexibility index (Phi) is 9.96. The molecule has 0 unspecified atom stereocenters. The third kappa shape index (κ3) is 11.9. The second kappa shape index (κ2) is 13.8. The number of hydrogen-bond acceptors (Lipinski definition) is 7. The zero-order valence-electron chi connectivity index (χ0n) is 16.4. The van der Waals surface area contributed by atoms with Crippen LogP contribution in [0.2, 0.25) is 0 Å². The van der Waals surface area contributed by atoms with Crippen LogP contribution in [0.15, 0.2) is 0 Å². The van der Waals surface area contributed by atoms with Crippen molar-refractivity contribution in [1.82, 2.24) is 10.6 Å². The van der Waals surface area contributed by atoms with Crippen LogP contribution < -0.4 is 16.4 Å². The molecule has 0 aliphatic carbocycles. The maximum absolute atomic E-state index is 12.0. The van der Waals surface area contributed by atoms with E-state index in [2.05, 4.69) is 5.32 Å². The fraction of sp³-hybridized carbons (Fsp3) is 0.667. The van der Waals surface area contributed by atoms with Gasteiger partial charge in [-0.3, -0.25) is 19.2 Å². The molecule has 0 rings (SSSR count). The molecule has 0 aliphatic heterocycles. The van der Waals surface area contributed by atoms with Gasteiger partial charge in [-0.2, -0.15) is 11.8 Å². The molecule has 0 fully saturated rings. The number of carboxylic acids is 2. The Morgan fingerprint density at radius 2 is 1.88 bits per heavy atom. The van der Waals surface area contributed by atoms with Crippen LogP contribution in [0.4, 0.5) is 0 Å². The monoisotopic (exact) mass is 391 g/mol. The standard InChI is InChI=1S/C12H21N3O7S.ClH/c13-7(12(21)22)1-2-9(17)15-8(6-23-4-3-16)11(20)14-5-10(18)19;/h7-8,16H,1-6,13H2,(H,14,20)(H,15,17)(H,18,19)(H,21,22);1H/t7-,8-;/m0./s1/i3D2,4D2;. The van der Waals surface area contributed by atoms with Gasteiger partial charge in [-0.1, -0.05) is 0 Å². The maximum Gasteiger partial charge on any atom is 0.322 e. The lowest BCUT2D eigenvalue weighted by Gasteiger charge is -2.18. The van der Waals surface area contributed by atoms with Crippen LogP contribution >= 0.6 is 24.2 Å². The van der Waals surface area contributed by atoms with Crippen LogP contribution in [0.1, 0.15) is 18.3 Å². The number of rotatable bonds is 12. The topological polar surface area (TPSA) is 179 Å². The van der Waals surface area contributed by atoms with Gasteiger partial charge < -0.3 is 31.7 Å². The molecule has 0 saturated carbocycles. The van der Waals surface area contributed by atoms with Crippen LogP contribution in [0.3, 0.4) is 0 Å². The van der Waals surface area contributed by atoms with E-state index in [-0.39, 0.29) is 37.0 Å². The summed E-state index contributed by atoms with van der Waals surface area (Å²) in [7, 11) is 0. The lowest BCUT2D eigenvalue weighted by molar-refractivity contribution is -0.139. The van der Waals surface area contributed by atoms with Crippen LogP contribution in [0.25, 0.3) is 0 Å². The van der Waals surface area contributed by atoms with Crippen LogP contribution in [0, 0.1) is 0 Å². The fourth-order valence-corrected chi connectivity index (χ4v) is 1.85. The molecule has 0 aromatic carbocycles. The summed E-state index contributed by atoms with van der Waals surface area (Å²) in [4.78, 5) is 45.0. The van der Waals surface area contributed by atoms with Gasteiger partial charge in [-0.05, 0) is 6.42 Å². The van der Waals surface area contributed by atoms with E-state index in [1.165, 1.54) is 0 Å². The molecule has 0 aromatic rings. The lowest BCUT2D eigenvalue weighted by atomic mass is 10.1. The van der Waals surface area contributed by atoms with Crippen molar-refractivity contribution in [2.45, 2.75) is 24.9 Å². The largest absolute Gasteiger partial charge is 0.480 e. The second-order valence-corrected chi connectivity index (χ2v) is 5.07. The van der Waals surface area contributed by atoms with Gasteiger partial charge in [0.05, 0.1) is 9.30 Å². The first-order valence-electron chi connectivity index (χ1n) is 8.31. The Morgan fingerprint density at radius 1 is 1.25 bits per heavy atom. The minimum absolute atomic E-state index is 0. The van der Waals surface area contributed by atoms with Gasteiger partial charge in [-0.15, -0.1) is 12.4 Å². The Morgan fingerprint density at radius 3 is 2.38 bits per heavy atom. The van der Waals surface area contributed by atoms with Crippen molar-refractivity contribution < 1.29 is 40.0 Å². The average Bonchev–Trinajstić information content (AvgIpc) is 2.52.